The van der Waals surface area contributed by atoms with Gasteiger partial charge < -0.3 is 10.1 Å². The smallest absolute Gasteiger partial charge is 0.262 e. The van der Waals surface area contributed by atoms with E-state index in [4.69, 9.17) is 4.74 Å². The van der Waals surface area contributed by atoms with Crippen molar-refractivity contribution in [2.75, 3.05) is 11.9 Å². The summed E-state index contributed by atoms with van der Waals surface area (Å²) in [6.07, 6.45) is 0. The number of fused-ring (bicyclic) bond motifs is 2. The number of benzene rings is 3. The van der Waals surface area contributed by atoms with Crippen LogP contribution in [0.25, 0.3) is 26.3 Å². The van der Waals surface area contributed by atoms with Gasteiger partial charge in [0.1, 0.15) is 10.8 Å². The fourth-order valence-electron chi connectivity index (χ4n) is 3.22. The predicted octanol–water partition coefficient (Wildman–Crippen LogP) is 4.33. The first-order valence-electron chi connectivity index (χ1n) is 9.37. The zero-order chi connectivity index (χ0) is 20.5. The molecular formula is C22H17N5O2S. The van der Waals surface area contributed by atoms with Crippen LogP contribution in [0, 0.1) is 6.92 Å². The molecule has 0 saturated carbocycles. The summed E-state index contributed by atoms with van der Waals surface area (Å²) in [4.78, 5) is 13.2. The van der Waals surface area contributed by atoms with E-state index >= 15 is 0 Å². The third kappa shape index (κ3) is 3.48. The first kappa shape index (κ1) is 18.3. The molecule has 0 fully saturated rings. The lowest BCUT2D eigenvalue weighted by atomic mass is 10.1. The number of carbonyl (C=O) groups is 1. The highest BCUT2D eigenvalue weighted by atomic mass is 32.1. The minimum absolute atomic E-state index is 0.0752. The van der Waals surface area contributed by atoms with Crippen molar-refractivity contribution in [2.45, 2.75) is 6.92 Å². The average Bonchev–Trinajstić information content (AvgIpc) is 3.34. The van der Waals surface area contributed by atoms with Crippen molar-refractivity contribution < 1.29 is 9.53 Å². The molecule has 3 aromatic carbocycles. The molecule has 0 aliphatic heterocycles. The molecule has 0 aliphatic rings. The third-order valence-electron chi connectivity index (χ3n) is 4.65. The maximum atomic E-state index is 12.4. The van der Waals surface area contributed by atoms with E-state index in [2.05, 4.69) is 20.6 Å². The Kier molecular flexibility index (Phi) is 4.61. The van der Waals surface area contributed by atoms with Gasteiger partial charge in [0.2, 0.25) is 4.96 Å². The number of aryl methyl sites for hydroxylation is 1. The minimum Gasteiger partial charge on any atom is -0.483 e. The molecule has 0 saturated heterocycles. The molecule has 0 spiro atoms. The summed E-state index contributed by atoms with van der Waals surface area (Å²) in [6.45, 7) is 1.78. The standard InChI is InChI=1S/C22H17N5O2S/c1-14-24-25-22-27(14)26-21(30-22)16-8-4-9-17(12-16)23-20(28)13-29-19-11-5-7-15-6-2-3-10-18(15)19/h2-12H,13H2,1H3,(H,23,28). The van der Waals surface area contributed by atoms with Crippen molar-refractivity contribution in [3.8, 4) is 16.3 Å². The van der Waals surface area contributed by atoms with Crippen LogP contribution in [0.15, 0.2) is 66.7 Å². The van der Waals surface area contributed by atoms with E-state index in [9.17, 15) is 4.79 Å². The number of hydrogen-bond acceptors (Lipinski definition) is 6. The molecular weight excluding hydrogens is 398 g/mol. The Morgan fingerprint density at radius 1 is 1.07 bits per heavy atom. The molecule has 5 rings (SSSR count). The molecule has 0 bridgehead atoms. The predicted molar refractivity (Wildman–Crippen MR) is 117 cm³/mol. The first-order valence-corrected chi connectivity index (χ1v) is 10.2. The Balaban J connectivity index is 1.29. The number of rotatable bonds is 5. The van der Waals surface area contributed by atoms with E-state index in [1.54, 1.807) is 4.52 Å². The van der Waals surface area contributed by atoms with Crippen molar-refractivity contribution >= 4 is 38.7 Å². The Hall–Kier alpha value is -3.78. The molecule has 1 amide bonds. The molecule has 0 radical (unpaired) electrons. The van der Waals surface area contributed by atoms with E-state index < -0.39 is 0 Å². The Morgan fingerprint density at radius 3 is 2.80 bits per heavy atom. The summed E-state index contributed by atoms with van der Waals surface area (Å²) in [5.74, 6) is 1.20. The topological polar surface area (TPSA) is 81.4 Å². The largest absolute Gasteiger partial charge is 0.483 e. The molecule has 2 heterocycles. The average molecular weight is 415 g/mol. The maximum Gasteiger partial charge on any atom is 0.262 e. The first-order chi connectivity index (χ1) is 14.7. The van der Waals surface area contributed by atoms with E-state index in [1.807, 2.05) is 73.7 Å². The van der Waals surface area contributed by atoms with Crippen LogP contribution in [0.2, 0.25) is 0 Å². The lowest BCUT2D eigenvalue weighted by Gasteiger charge is -2.10. The van der Waals surface area contributed by atoms with Gasteiger partial charge in [0.15, 0.2) is 12.4 Å². The summed E-state index contributed by atoms with van der Waals surface area (Å²) < 4.78 is 7.48. The molecule has 0 aliphatic carbocycles. The fraction of sp³-hybridized carbons (Fsp3) is 0.0909. The zero-order valence-electron chi connectivity index (χ0n) is 16.1. The number of aromatic nitrogens is 4. The van der Waals surface area contributed by atoms with Gasteiger partial charge in [-0.15, -0.1) is 10.2 Å². The number of amides is 1. The minimum atomic E-state index is -0.228. The zero-order valence-corrected chi connectivity index (χ0v) is 16.9. The number of ether oxygens (including phenoxy) is 1. The summed E-state index contributed by atoms with van der Waals surface area (Å²) >= 11 is 1.45. The second-order valence-electron chi connectivity index (χ2n) is 6.74. The van der Waals surface area contributed by atoms with Crippen molar-refractivity contribution in [3.63, 3.8) is 0 Å². The maximum absolute atomic E-state index is 12.4. The molecule has 8 heteroatoms. The normalized spacial score (nSPS) is 11.1. The Labute approximate surface area is 176 Å². The van der Waals surface area contributed by atoms with Gasteiger partial charge in [-0.3, -0.25) is 4.79 Å². The summed E-state index contributed by atoms with van der Waals surface area (Å²) in [7, 11) is 0. The van der Waals surface area contributed by atoms with Crippen molar-refractivity contribution in [1.29, 1.82) is 0 Å². The highest BCUT2D eigenvalue weighted by Gasteiger charge is 2.12. The van der Waals surface area contributed by atoms with Gasteiger partial charge in [0.25, 0.3) is 5.91 Å². The van der Waals surface area contributed by atoms with Gasteiger partial charge in [-0.1, -0.05) is 59.9 Å². The van der Waals surface area contributed by atoms with Gasteiger partial charge in [-0.25, -0.2) is 0 Å². The lowest BCUT2D eigenvalue weighted by Crippen LogP contribution is -2.20. The van der Waals surface area contributed by atoms with Gasteiger partial charge in [-0.05, 0) is 30.5 Å². The van der Waals surface area contributed by atoms with Gasteiger partial charge in [0.05, 0.1) is 0 Å². The Morgan fingerprint density at radius 2 is 1.90 bits per heavy atom. The second kappa shape index (κ2) is 7.57. The number of nitrogens with zero attached hydrogens (tertiary/aromatic N) is 4. The number of anilines is 1. The van der Waals surface area contributed by atoms with Crippen LogP contribution < -0.4 is 10.1 Å². The Bertz CT molecular complexity index is 1370. The number of carbonyl (C=O) groups excluding carboxylic acids is 1. The molecule has 5 aromatic rings. The van der Waals surface area contributed by atoms with Crippen LogP contribution in [0.4, 0.5) is 5.69 Å². The van der Waals surface area contributed by atoms with Gasteiger partial charge >= 0.3 is 0 Å². The van der Waals surface area contributed by atoms with Crippen molar-refractivity contribution in [2.24, 2.45) is 0 Å². The van der Waals surface area contributed by atoms with Crippen LogP contribution in [0.3, 0.4) is 0 Å². The summed E-state index contributed by atoms with van der Waals surface area (Å²) in [5, 5.41) is 18.4. The molecule has 30 heavy (non-hydrogen) atoms. The van der Waals surface area contributed by atoms with Crippen LogP contribution in [0.1, 0.15) is 5.82 Å². The highest BCUT2D eigenvalue weighted by molar-refractivity contribution is 7.19. The van der Waals surface area contributed by atoms with Crippen LogP contribution in [-0.2, 0) is 4.79 Å². The number of hydrogen-bond donors (Lipinski definition) is 1. The summed E-state index contributed by atoms with van der Waals surface area (Å²) in [6, 6.07) is 21.3. The fourth-order valence-corrected chi connectivity index (χ4v) is 4.10. The quantitative estimate of drug-likeness (QED) is 0.462. The van der Waals surface area contributed by atoms with Crippen LogP contribution in [-0.4, -0.2) is 32.3 Å². The van der Waals surface area contributed by atoms with Crippen LogP contribution in [0.5, 0.6) is 5.75 Å². The van der Waals surface area contributed by atoms with Crippen molar-refractivity contribution in [3.05, 3.63) is 72.6 Å². The molecule has 1 N–H and O–H groups in total. The molecule has 148 valence electrons. The molecule has 0 atom stereocenters. The van der Waals surface area contributed by atoms with E-state index in [0.29, 0.717) is 11.4 Å². The highest BCUT2D eigenvalue weighted by Crippen LogP contribution is 2.28. The molecule has 2 aromatic heterocycles. The van der Waals surface area contributed by atoms with Crippen LogP contribution >= 0.6 is 11.3 Å². The third-order valence-corrected chi connectivity index (χ3v) is 5.60. The lowest BCUT2D eigenvalue weighted by molar-refractivity contribution is -0.118. The summed E-state index contributed by atoms with van der Waals surface area (Å²) in [5.41, 5.74) is 1.58. The second-order valence-corrected chi connectivity index (χ2v) is 7.70. The molecule has 7 nitrogen and oxygen atoms in total. The van der Waals surface area contributed by atoms with E-state index in [-0.39, 0.29) is 12.5 Å². The van der Waals surface area contributed by atoms with E-state index in [0.717, 1.165) is 32.1 Å². The van der Waals surface area contributed by atoms with Gasteiger partial charge in [-0.2, -0.15) is 9.61 Å². The van der Waals surface area contributed by atoms with Crippen molar-refractivity contribution in [1.82, 2.24) is 19.8 Å². The molecule has 0 unspecified atom stereocenters. The monoisotopic (exact) mass is 415 g/mol. The SMILES string of the molecule is Cc1nnc2sc(-c3cccc(NC(=O)COc4cccc5ccccc45)c3)nn12. The van der Waals surface area contributed by atoms with E-state index in [1.165, 1.54) is 11.3 Å². The number of nitrogens with one attached hydrogen (secondary N) is 1. The van der Waals surface area contributed by atoms with Gasteiger partial charge in [0, 0.05) is 16.6 Å².